The normalized spacial score (nSPS) is 12.0. The van der Waals surface area contributed by atoms with E-state index in [1.165, 1.54) is 7.11 Å². The molecule has 0 aliphatic carbocycles. The maximum absolute atomic E-state index is 12.7. The number of nitrogens with zero attached hydrogens (tertiary/aromatic N) is 2. The van der Waals surface area contributed by atoms with Gasteiger partial charge in [0.1, 0.15) is 0 Å². The van der Waals surface area contributed by atoms with Crippen molar-refractivity contribution in [1.82, 2.24) is 14.5 Å². The Hall–Kier alpha value is -3.35. The van der Waals surface area contributed by atoms with Gasteiger partial charge in [-0.3, -0.25) is 18.7 Å². The van der Waals surface area contributed by atoms with Crippen LogP contribution in [0.1, 0.15) is 36.9 Å². The first kappa shape index (κ1) is 21.4. The number of amides is 1. The van der Waals surface area contributed by atoms with Gasteiger partial charge in [0.25, 0.3) is 0 Å². The van der Waals surface area contributed by atoms with Crippen LogP contribution in [0.25, 0.3) is 11.0 Å². The SMILES string of the molecule is CCn1c(=O)n(CCC(=O)N[C@@H](CC(=O)OC)c2ccc(C)cc2)c2ccccc21. The summed E-state index contributed by atoms with van der Waals surface area (Å²) in [6.45, 7) is 4.72. The number of esters is 1. The van der Waals surface area contributed by atoms with Crippen molar-refractivity contribution >= 4 is 22.9 Å². The Morgan fingerprint density at radius 3 is 2.27 bits per heavy atom. The summed E-state index contributed by atoms with van der Waals surface area (Å²) in [6, 6.07) is 14.7. The second-order valence-electron chi connectivity index (χ2n) is 7.23. The predicted molar refractivity (Wildman–Crippen MR) is 115 cm³/mol. The van der Waals surface area contributed by atoms with E-state index in [2.05, 4.69) is 5.32 Å². The second kappa shape index (κ2) is 9.43. The first-order valence-electron chi connectivity index (χ1n) is 10.1. The van der Waals surface area contributed by atoms with Crippen molar-refractivity contribution in [3.05, 3.63) is 70.1 Å². The number of aromatic nitrogens is 2. The lowest BCUT2D eigenvalue weighted by Gasteiger charge is -2.18. The van der Waals surface area contributed by atoms with E-state index in [9.17, 15) is 14.4 Å². The molecular formula is C23H27N3O4. The van der Waals surface area contributed by atoms with Crippen molar-refractivity contribution in [1.29, 1.82) is 0 Å². The highest BCUT2D eigenvalue weighted by molar-refractivity contribution is 5.79. The van der Waals surface area contributed by atoms with Crippen molar-refractivity contribution in [3.8, 4) is 0 Å². The van der Waals surface area contributed by atoms with Crippen molar-refractivity contribution in [2.75, 3.05) is 7.11 Å². The Balaban J connectivity index is 1.75. The second-order valence-corrected chi connectivity index (χ2v) is 7.23. The van der Waals surface area contributed by atoms with Crippen molar-refractivity contribution in [3.63, 3.8) is 0 Å². The Kier molecular flexibility index (Phi) is 6.72. The van der Waals surface area contributed by atoms with Gasteiger partial charge in [-0.15, -0.1) is 0 Å². The number of imidazole rings is 1. The molecule has 0 fully saturated rings. The molecule has 7 heteroatoms. The van der Waals surface area contributed by atoms with Gasteiger partial charge >= 0.3 is 11.7 Å². The number of hydrogen-bond acceptors (Lipinski definition) is 4. The minimum atomic E-state index is -0.487. The third-order valence-corrected chi connectivity index (χ3v) is 5.22. The smallest absolute Gasteiger partial charge is 0.329 e. The molecule has 2 aromatic carbocycles. The quantitative estimate of drug-likeness (QED) is 0.580. The largest absolute Gasteiger partial charge is 0.469 e. The van der Waals surface area contributed by atoms with Gasteiger partial charge in [0, 0.05) is 19.5 Å². The van der Waals surface area contributed by atoms with E-state index in [4.69, 9.17) is 4.74 Å². The summed E-state index contributed by atoms with van der Waals surface area (Å²) in [7, 11) is 1.33. The maximum atomic E-state index is 12.7. The summed E-state index contributed by atoms with van der Waals surface area (Å²) in [6.07, 6.45) is 0.168. The van der Waals surface area contributed by atoms with E-state index in [1.54, 1.807) is 9.13 Å². The summed E-state index contributed by atoms with van der Waals surface area (Å²) in [5, 5.41) is 2.91. The molecule has 1 heterocycles. The van der Waals surface area contributed by atoms with E-state index in [0.29, 0.717) is 6.54 Å². The summed E-state index contributed by atoms with van der Waals surface area (Å²) in [4.78, 5) is 37.2. The van der Waals surface area contributed by atoms with Gasteiger partial charge in [-0.25, -0.2) is 4.79 Å². The Morgan fingerprint density at radius 2 is 1.67 bits per heavy atom. The number of methoxy groups -OCH3 is 1. The summed E-state index contributed by atoms with van der Waals surface area (Å²) in [5.41, 5.74) is 3.46. The number of ether oxygens (including phenoxy) is 1. The molecule has 0 bridgehead atoms. The minimum absolute atomic E-state index is 0.0421. The zero-order valence-electron chi connectivity index (χ0n) is 17.6. The molecule has 1 atom stereocenters. The van der Waals surface area contributed by atoms with Gasteiger partial charge in [0.15, 0.2) is 0 Å². The Bertz CT molecular complexity index is 1100. The average Bonchev–Trinajstić information content (AvgIpc) is 3.02. The summed E-state index contributed by atoms with van der Waals surface area (Å²) >= 11 is 0. The number of benzene rings is 2. The zero-order valence-corrected chi connectivity index (χ0v) is 17.6. The molecule has 3 rings (SSSR count). The number of rotatable bonds is 8. The molecule has 1 N–H and O–H groups in total. The van der Waals surface area contributed by atoms with E-state index in [0.717, 1.165) is 22.2 Å². The van der Waals surface area contributed by atoms with Gasteiger partial charge in [-0.1, -0.05) is 42.0 Å². The highest BCUT2D eigenvalue weighted by Gasteiger charge is 2.20. The lowest BCUT2D eigenvalue weighted by Crippen LogP contribution is -2.32. The fourth-order valence-electron chi connectivity index (χ4n) is 3.57. The van der Waals surface area contributed by atoms with Crippen LogP contribution in [0, 0.1) is 6.92 Å². The first-order chi connectivity index (χ1) is 14.4. The number of hydrogen-bond donors (Lipinski definition) is 1. The molecule has 0 saturated heterocycles. The average molecular weight is 409 g/mol. The number of para-hydroxylation sites is 2. The third-order valence-electron chi connectivity index (χ3n) is 5.22. The van der Waals surface area contributed by atoms with E-state index >= 15 is 0 Å². The highest BCUT2D eigenvalue weighted by Crippen LogP contribution is 2.19. The molecule has 1 amide bonds. The molecule has 0 saturated carbocycles. The molecule has 3 aromatic rings. The van der Waals surface area contributed by atoms with Crippen LogP contribution in [-0.4, -0.2) is 28.1 Å². The molecule has 0 radical (unpaired) electrons. The predicted octanol–water partition coefficient (Wildman–Crippen LogP) is 2.94. The molecule has 0 aliphatic heterocycles. The van der Waals surface area contributed by atoms with Gasteiger partial charge < -0.3 is 10.1 Å². The number of carbonyl (C=O) groups excluding carboxylic acids is 2. The standard InChI is InChI=1S/C23H27N3O4/c1-4-25-19-7-5-6-8-20(19)26(23(25)29)14-13-21(27)24-18(15-22(28)30-3)17-11-9-16(2)10-12-17/h5-12,18H,4,13-15H2,1-3H3,(H,24,27)/t18-/m0/s1. The van der Waals surface area contributed by atoms with Crippen LogP contribution in [0.3, 0.4) is 0 Å². The van der Waals surface area contributed by atoms with E-state index < -0.39 is 12.0 Å². The van der Waals surface area contributed by atoms with E-state index in [-0.39, 0.29) is 31.0 Å². The van der Waals surface area contributed by atoms with Crippen LogP contribution in [0.4, 0.5) is 0 Å². The number of nitrogens with one attached hydrogen (secondary N) is 1. The third kappa shape index (κ3) is 4.62. The monoisotopic (exact) mass is 409 g/mol. The number of fused-ring (bicyclic) bond motifs is 1. The van der Waals surface area contributed by atoms with Gasteiger partial charge in [-0.05, 0) is 31.5 Å². The highest BCUT2D eigenvalue weighted by atomic mass is 16.5. The number of aryl methyl sites for hydroxylation is 3. The molecule has 7 nitrogen and oxygen atoms in total. The van der Waals surface area contributed by atoms with Crippen LogP contribution in [-0.2, 0) is 27.4 Å². The van der Waals surface area contributed by atoms with Crippen LogP contribution in [0.15, 0.2) is 53.3 Å². The molecule has 1 aromatic heterocycles. The lowest BCUT2D eigenvalue weighted by atomic mass is 10.0. The van der Waals surface area contributed by atoms with Crippen molar-refractivity contribution in [2.24, 2.45) is 0 Å². The van der Waals surface area contributed by atoms with Crippen LogP contribution in [0.2, 0.25) is 0 Å². The topological polar surface area (TPSA) is 82.3 Å². The van der Waals surface area contributed by atoms with Crippen molar-refractivity contribution < 1.29 is 14.3 Å². The van der Waals surface area contributed by atoms with Crippen LogP contribution in [0.5, 0.6) is 0 Å². The first-order valence-corrected chi connectivity index (χ1v) is 10.1. The van der Waals surface area contributed by atoms with Crippen LogP contribution >= 0.6 is 0 Å². The number of carbonyl (C=O) groups is 2. The van der Waals surface area contributed by atoms with Crippen molar-refractivity contribution in [2.45, 2.75) is 45.8 Å². The molecule has 158 valence electrons. The maximum Gasteiger partial charge on any atom is 0.329 e. The van der Waals surface area contributed by atoms with Gasteiger partial charge in [-0.2, -0.15) is 0 Å². The van der Waals surface area contributed by atoms with Crippen LogP contribution < -0.4 is 11.0 Å². The Labute approximate surface area is 175 Å². The Morgan fingerprint density at radius 1 is 1.03 bits per heavy atom. The summed E-state index contributed by atoms with van der Waals surface area (Å²) < 4.78 is 8.10. The van der Waals surface area contributed by atoms with Gasteiger partial charge in [0.2, 0.25) is 5.91 Å². The van der Waals surface area contributed by atoms with Gasteiger partial charge in [0.05, 0.1) is 30.6 Å². The lowest BCUT2D eigenvalue weighted by molar-refractivity contribution is -0.141. The molecular weight excluding hydrogens is 382 g/mol. The molecule has 0 aliphatic rings. The molecule has 0 spiro atoms. The molecule has 30 heavy (non-hydrogen) atoms. The fourth-order valence-corrected chi connectivity index (χ4v) is 3.57. The minimum Gasteiger partial charge on any atom is -0.469 e. The zero-order chi connectivity index (χ0) is 21.7. The van der Waals surface area contributed by atoms with E-state index in [1.807, 2.05) is 62.4 Å². The summed E-state index contributed by atoms with van der Waals surface area (Å²) in [5.74, 6) is -0.632. The molecule has 0 unspecified atom stereocenters. The fraction of sp³-hybridized carbons (Fsp3) is 0.348.